The SMILES string of the molecule is CNCCC(=O)N(C)Cc1cc[nH]c1. The predicted molar refractivity (Wildman–Crippen MR) is 55.8 cm³/mol. The van der Waals surface area contributed by atoms with Gasteiger partial charge in [0, 0.05) is 39.0 Å². The number of aromatic amines is 1. The first-order valence-electron chi connectivity index (χ1n) is 4.74. The van der Waals surface area contributed by atoms with Crippen LogP contribution in [0.3, 0.4) is 0 Å². The molecule has 0 aliphatic carbocycles. The molecule has 4 heteroatoms. The van der Waals surface area contributed by atoms with Crippen LogP contribution in [-0.4, -0.2) is 36.4 Å². The van der Waals surface area contributed by atoms with Crippen LogP contribution in [0.2, 0.25) is 0 Å². The second-order valence-electron chi connectivity index (χ2n) is 3.32. The third kappa shape index (κ3) is 3.22. The van der Waals surface area contributed by atoms with Crippen molar-refractivity contribution in [2.75, 3.05) is 20.6 Å². The average molecular weight is 195 g/mol. The predicted octanol–water partition coefficient (Wildman–Crippen LogP) is 0.583. The van der Waals surface area contributed by atoms with E-state index in [9.17, 15) is 4.79 Å². The Hall–Kier alpha value is -1.29. The summed E-state index contributed by atoms with van der Waals surface area (Å²) in [6.45, 7) is 1.41. The third-order valence-corrected chi connectivity index (χ3v) is 2.10. The van der Waals surface area contributed by atoms with Crippen molar-refractivity contribution in [3.63, 3.8) is 0 Å². The highest BCUT2D eigenvalue weighted by molar-refractivity contribution is 5.76. The Bertz CT molecular complexity index is 269. The molecule has 0 atom stereocenters. The van der Waals surface area contributed by atoms with Gasteiger partial charge in [-0.2, -0.15) is 0 Å². The molecule has 0 saturated heterocycles. The number of rotatable bonds is 5. The van der Waals surface area contributed by atoms with Crippen molar-refractivity contribution in [2.45, 2.75) is 13.0 Å². The first-order chi connectivity index (χ1) is 6.74. The Morgan fingerprint density at radius 2 is 2.43 bits per heavy atom. The number of H-pyrrole nitrogens is 1. The summed E-state index contributed by atoms with van der Waals surface area (Å²) in [6, 6.07) is 1.97. The van der Waals surface area contributed by atoms with Gasteiger partial charge in [0.2, 0.25) is 5.91 Å². The van der Waals surface area contributed by atoms with Crippen molar-refractivity contribution in [2.24, 2.45) is 0 Å². The van der Waals surface area contributed by atoms with Gasteiger partial charge in [0.05, 0.1) is 0 Å². The van der Waals surface area contributed by atoms with Gasteiger partial charge < -0.3 is 15.2 Å². The summed E-state index contributed by atoms with van der Waals surface area (Å²) >= 11 is 0. The molecule has 0 fully saturated rings. The fraction of sp³-hybridized carbons (Fsp3) is 0.500. The summed E-state index contributed by atoms with van der Waals surface area (Å²) in [5, 5.41) is 2.96. The number of nitrogens with zero attached hydrogens (tertiary/aromatic N) is 1. The van der Waals surface area contributed by atoms with Crippen molar-refractivity contribution in [1.29, 1.82) is 0 Å². The smallest absolute Gasteiger partial charge is 0.223 e. The van der Waals surface area contributed by atoms with Gasteiger partial charge in [0.15, 0.2) is 0 Å². The van der Waals surface area contributed by atoms with Gasteiger partial charge in [-0.25, -0.2) is 0 Å². The van der Waals surface area contributed by atoms with Crippen LogP contribution in [-0.2, 0) is 11.3 Å². The molecule has 0 aromatic carbocycles. The molecule has 1 aromatic rings. The molecule has 0 radical (unpaired) electrons. The van der Waals surface area contributed by atoms with E-state index in [0.717, 1.165) is 12.1 Å². The molecule has 1 rings (SSSR count). The van der Waals surface area contributed by atoms with Crippen molar-refractivity contribution >= 4 is 5.91 Å². The van der Waals surface area contributed by atoms with Crippen LogP contribution in [0.1, 0.15) is 12.0 Å². The molecule has 0 spiro atoms. The highest BCUT2D eigenvalue weighted by Gasteiger charge is 2.07. The van der Waals surface area contributed by atoms with E-state index in [4.69, 9.17) is 0 Å². The van der Waals surface area contributed by atoms with Gasteiger partial charge in [-0.15, -0.1) is 0 Å². The van der Waals surface area contributed by atoms with Gasteiger partial charge in [-0.1, -0.05) is 0 Å². The number of hydrogen-bond acceptors (Lipinski definition) is 2. The van der Waals surface area contributed by atoms with E-state index in [1.807, 2.05) is 32.6 Å². The normalized spacial score (nSPS) is 10.1. The molecule has 0 saturated carbocycles. The number of aromatic nitrogens is 1. The van der Waals surface area contributed by atoms with Gasteiger partial charge in [-0.3, -0.25) is 4.79 Å². The minimum Gasteiger partial charge on any atom is -0.367 e. The largest absolute Gasteiger partial charge is 0.367 e. The minimum absolute atomic E-state index is 0.167. The quantitative estimate of drug-likeness (QED) is 0.722. The van der Waals surface area contributed by atoms with Crippen LogP contribution in [0.4, 0.5) is 0 Å². The number of carbonyl (C=O) groups is 1. The molecule has 2 N–H and O–H groups in total. The molecular formula is C10H17N3O. The molecule has 0 aliphatic heterocycles. The van der Waals surface area contributed by atoms with E-state index in [1.165, 1.54) is 0 Å². The van der Waals surface area contributed by atoms with E-state index in [1.54, 1.807) is 4.90 Å². The van der Waals surface area contributed by atoms with Gasteiger partial charge >= 0.3 is 0 Å². The second-order valence-corrected chi connectivity index (χ2v) is 3.32. The Morgan fingerprint density at radius 1 is 1.64 bits per heavy atom. The topological polar surface area (TPSA) is 48.1 Å². The lowest BCUT2D eigenvalue weighted by molar-refractivity contribution is -0.130. The molecule has 0 unspecified atom stereocenters. The maximum atomic E-state index is 11.5. The Balaban J connectivity index is 2.34. The molecule has 1 aromatic heterocycles. The number of carbonyl (C=O) groups excluding carboxylic acids is 1. The van der Waals surface area contributed by atoms with Crippen LogP contribution in [0, 0.1) is 0 Å². The second kappa shape index (κ2) is 5.44. The Morgan fingerprint density at radius 3 is 3.00 bits per heavy atom. The van der Waals surface area contributed by atoms with E-state index >= 15 is 0 Å². The zero-order valence-electron chi connectivity index (χ0n) is 8.71. The van der Waals surface area contributed by atoms with Gasteiger partial charge in [0.25, 0.3) is 0 Å². The fourth-order valence-electron chi connectivity index (χ4n) is 1.24. The maximum Gasteiger partial charge on any atom is 0.223 e. The lowest BCUT2D eigenvalue weighted by Crippen LogP contribution is -2.28. The maximum absolute atomic E-state index is 11.5. The summed E-state index contributed by atoms with van der Waals surface area (Å²) in [5.41, 5.74) is 1.13. The summed E-state index contributed by atoms with van der Waals surface area (Å²) in [4.78, 5) is 16.2. The van der Waals surface area contributed by atoms with E-state index in [2.05, 4.69) is 10.3 Å². The Labute approximate surface area is 84.3 Å². The van der Waals surface area contributed by atoms with Gasteiger partial charge in [0.1, 0.15) is 0 Å². The lowest BCUT2D eigenvalue weighted by atomic mass is 10.3. The number of hydrogen-bond donors (Lipinski definition) is 2. The average Bonchev–Trinajstić information content (AvgIpc) is 2.66. The highest BCUT2D eigenvalue weighted by atomic mass is 16.2. The number of nitrogens with one attached hydrogen (secondary N) is 2. The van der Waals surface area contributed by atoms with Gasteiger partial charge in [-0.05, 0) is 18.7 Å². The molecule has 0 bridgehead atoms. The Kier molecular flexibility index (Phi) is 4.19. The zero-order chi connectivity index (χ0) is 10.4. The van der Waals surface area contributed by atoms with E-state index in [-0.39, 0.29) is 5.91 Å². The highest BCUT2D eigenvalue weighted by Crippen LogP contribution is 2.02. The molecule has 1 heterocycles. The molecule has 14 heavy (non-hydrogen) atoms. The standard InChI is InChI=1S/C10H17N3O/c1-11-5-4-10(14)13(2)8-9-3-6-12-7-9/h3,6-7,11-12H,4-5,8H2,1-2H3. The minimum atomic E-state index is 0.167. The first-order valence-corrected chi connectivity index (χ1v) is 4.74. The van der Waals surface area contributed by atoms with Crippen molar-refractivity contribution in [1.82, 2.24) is 15.2 Å². The third-order valence-electron chi connectivity index (χ3n) is 2.10. The molecule has 0 aliphatic rings. The molecular weight excluding hydrogens is 178 g/mol. The van der Waals surface area contributed by atoms with Crippen molar-refractivity contribution < 1.29 is 4.79 Å². The van der Waals surface area contributed by atoms with E-state index < -0.39 is 0 Å². The van der Waals surface area contributed by atoms with Crippen LogP contribution >= 0.6 is 0 Å². The van der Waals surface area contributed by atoms with Crippen LogP contribution in [0.5, 0.6) is 0 Å². The zero-order valence-corrected chi connectivity index (χ0v) is 8.71. The van der Waals surface area contributed by atoms with E-state index in [0.29, 0.717) is 13.0 Å². The molecule has 78 valence electrons. The monoisotopic (exact) mass is 195 g/mol. The first kappa shape index (κ1) is 10.8. The molecule has 1 amide bonds. The van der Waals surface area contributed by atoms with Crippen LogP contribution in [0.25, 0.3) is 0 Å². The lowest BCUT2D eigenvalue weighted by Gasteiger charge is -2.16. The molecule has 4 nitrogen and oxygen atoms in total. The van der Waals surface area contributed by atoms with Crippen LogP contribution < -0.4 is 5.32 Å². The van der Waals surface area contributed by atoms with Crippen LogP contribution in [0.15, 0.2) is 18.5 Å². The number of amides is 1. The fourth-order valence-corrected chi connectivity index (χ4v) is 1.24. The van der Waals surface area contributed by atoms with Crippen molar-refractivity contribution in [3.05, 3.63) is 24.0 Å². The summed E-state index contributed by atoms with van der Waals surface area (Å²) in [6.07, 6.45) is 4.32. The summed E-state index contributed by atoms with van der Waals surface area (Å²) < 4.78 is 0. The summed E-state index contributed by atoms with van der Waals surface area (Å²) in [5.74, 6) is 0.167. The van der Waals surface area contributed by atoms with Crippen molar-refractivity contribution in [3.8, 4) is 0 Å². The summed E-state index contributed by atoms with van der Waals surface area (Å²) in [7, 11) is 3.67.